The fraction of sp³-hybridized carbons (Fsp3) is 0.222. The smallest absolute Gasteiger partial charge is 0.140 e. The average molecular weight is 280 g/mol. The van der Waals surface area contributed by atoms with Gasteiger partial charge in [0.25, 0.3) is 0 Å². The van der Waals surface area contributed by atoms with Crippen molar-refractivity contribution >= 4 is 39.1 Å². The van der Waals surface area contributed by atoms with Crippen LogP contribution in [0, 0.1) is 12.7 Å². The van der Waals surface area contributed by atoms with Gasteiger partial charge in [-0.25, -0.2) is 9.38 Å². The summed E-state index contributed by atoms with van der Waals surface area (Å²) in [5.41, 5.74) is 6.56. The van der Waals surface area contributed by atoms with E-state index >= 15 is 0 Å². The Kier molecular flexibility index (Phi) is 3.89. The second-order valence-electron chi connectivity index (χ2n) is 2.80. The molecule has 0 aliphatic heterocycles. The van der Waals surface area contributed by atoms with Crippen molar-refractivity contribution in [1.29, 1.82) is 0 Å². The number of alkyl halides is 1. The standard InChI is InChI=1S/C9H9BrClFN2/c1-5-2-6(14-8(13)4-11)3-7(10)9(5)12/h2-3H,4H2,1H3,(H2,13,14). The van der Waals surface area contributed by atoms with Crippen LogP contribution in [-0.2, 0) is 0 Å². The number of hydrogen-bond donors (Lipinski definition) is 1. The molecule has 0 aliphatic rings. The summed E-state index contributed by atoms with van der Waals surface area (Å²) in [7, 11) is 0. The molecule has 0 heterocycles. The van der Waals surface area contributed by atoms with Gasteiger partial charge in [-0.3, -0.25) is 0 Å². The summed E-state index contributed by atoms with van der Waals surface area (Å²) in [4.78, 5) is 4.01. The van der Waals surface area contributed by atoms with Crippen LogP contribution in [0.25, 0.3) is 0 Å². The van der Waals surface area contributed by atoms with Crippen molar-refractivity contribution in [2.75, 3.05) is 5.88 Å². The van der Waals surface area contributed by atoms with E-state index in [1.165, 1.54) is 0 Å². The Hall–Kier alpha value is -0.610. The number of halogens is 3. The molecule has 1 aromatic carbocycles. The van der Waals surface area contributed by atoms with E-state index < -0.39 is 0 Å². The molecule has 1 aromatic rings. The van der Waals surface area contributed by atoms with E-state index in [-0.39, 0.29) is 11.7 Å². The third kappa shape index (κ3) is 2.69. The number of amidine groups is 1. The van der Waals surface area contributed by atoms with Crippen LogP contribution in [-0.4, -0.2) is 11.7 Å². The highest BCUT2D eigenvalue weighted by Crippen LogP contribution is 2.25. The molecule has 0 unspecified atom stereocenters. The topological polar surface area (TPSA) is 38.4 Å². The van der Waals surface area contributed by atoms with Gasteiger partial charge in [-0.15, -0.1) is 11.6 Å². The zero-order valence-electron chi connectivity index (χ0n) is 7.52. The maximum absolute atomic E-state index is 13.2. The Morgan fingerprint density at radius 3 is 2.79 bits per heavy atom. The molecule has 76 valence electrons. The zero-order valence-corrected chi connectivity index (χ0v) is 9.86. The van der Waals surface area contributed by atoms with Crippen LogP contribution in [0.5, 0.6) is 0 Å². The summed E-state index contributed by atoms with van der Waals surface area (Å²) in [6.45, 7) is 1.66. The average Bonchev–Trinajstić information content (AvgIpc) is 2.14. The number of nitrogens with two attached hydrogens (primary N) is 1. The van der Waals surface area contributed by atoms with Crippen LogP contribution < -0.4 is 5.73 Å². The molecule has 0 aromatic heterocycles. The summed E-state index contributed by atoms with van der Waals surface area (Å²) in [5.74, 6) is 0.187. The molecule has 14 heavy (non-hydrogen) atoms. The predicted octanol–water partition coefficient (Wildman–Crippen LogP) is 3.12. The summed E-state index contributed by atoms with van der Waals surface area (Å²) in [6, 6.07) is 3.17. The van der Waals surface area contributed by atoms with E-state index in [1.54, 1.807) is 19.1 Å². The zero-order chi connectivity index (χ0) is 10.7. The molecule has 0 saturated heterocycles. The minimum absolute atomic E-state index is 0.161. The van der Waals surface area contributed by atoms with Crippen LogP contribution in [0.4, 0.5) is 10.1 Å². The summed E-state index contributed by atoms with van der Waals surface area (Å²) < 4.78 is 13.6. The number of benzene rings is 1. The van der Waals surface area contributed by atoms with Gasteiger partial charge in [0, 0.05) is 0 Å². The van der Waals surface area contributed by atoms with E-state index in [2.05, 4.69) is 20.9 Å². The van der Waals surface area contributed by atoms with Crippen molar-refractivity contribution in [3.05, 3.63) is 28.0 Å². The molecule has 0 saturated carbocycles. The quantitative estimate of drug-likeness (QED) is 0.504. The van der Waals surface area contributed by atoms with E-state index in [0.717, 1.165) is 0 Å². The molecule has 0 atom stereocenters. The van der Waals surface area contributed by atoms with Gasteiger partial charge in [-0.05, 0) is 40.5 Å². The number of hydrogen-bond acceptors (Lipinski definition) is 1. The van der Waals surface area contributed by atoms with Gasteiger partial charge in [0.05, 0.1) is 16.0 Å². The van der Waals surface area contributed by atoms with Crippen molar-refractivity contribution in [1.82, 2.24) is 0 Å². The van der Waals surface area contributed by atoms with Crippen molar-refractivity contribution in [2.45, 2.75) is 6.92 Å². The molecule has 1 rings (SSSR count). The van der Waals surface area contributed by atoms with E-state index in [9.17, 15) is 4.39 Å². The lowest BCUT2D eigenvalue weighted by Gasteiger charge is -2.02. The van der Waals surface area contributed by atoms with E-state index in [4.69, 9.17) is 17.3 Å². The van der Waals surface area contributed by atoms with Gasteiger partial charge in [0.1, 0.15) is 11.7 Å². The van der Waals surface area contributed by atoms with Gasteiger partial charge < -0.3 is 5.73 Å². The van der Waals surface area contributed by atoms with Gasteiger partial charge in [0.2, 0.25) is 0 Å². The molecule has 2 nitrogen and oxygen atoms in total. The minimum Gasteiger partial charge on any atom is -0.386 e. The molecule has 0 radical (unpaired) electrons. The second-order valence-corrected chi connectivity index (χ2v) is 3.92. The Bertz CT molecular complexity index is 356. The molecule has 5 heteroatoms. The highest BCUT2D eigenvalue weighted by molar-refractivity contribution is 9.10. The third-order valence-corrected chi connectivity index (χ3v) is 2.46. The first kappa shape index (κ1) is 11.5. The van der Waals surface area contributed by atoms with Crippen molar-refractivity contribution in [3.8, 4) is 0 Å². The first-order chi connectivity index (χ1) is 6.54. The largest absolute Gasteiger partial charge is 0.386 e. The van der Waals surface area contributed by atoms with Crippen molar-refractivity contribution in [2.24, 2.45) is 10.7 Å². The lowest BCUT2D eigenvalue weighted by atomic mass is 10.2. The van der Waals surface area contributed by atoms with E-state index in [1.807, 2.05) is 0 Å². The highest BCUT2D eigenvalue weighted by Gasteiger charge is 2.04. The number of rotatable bonds is 2. The Labute approximate surface area is 95.1 Å². The second kappa shape index (κ2) is 4.75. The Morgan fingerprint density at radius 2 is 2.29 bits per heavy atom. The molecule has 0 bridgehead atoms. The van der Waals surface area contributed by atoms with Crippen LogP contribution in [0.2, 0.25) is 0 Å². The van der Waals surface area contributed by atoms with E-state index in [0.29, 0.717) is 21.6 Å². The van der Waals surface area contributed by atoms with Gasteiger partial charge in [0.15, 0.2) is 0 Å². The predicted molar refractivity (Wildman–Crippen MR) is 60.8 cm³/mol. The maximum Gasteiger partial charge on any atom is 0.140 e. The van der Waals surface area contributed by atoms with Gasteiger partial charge in [-0.2, -0.15) is 0 Å². The Morgan fingerprint density at radius 1 is 1.64 bits per heavy atom. The van der Waals surface area contributed by atoms with Crippen molar-refractivity contribution in [3.63, 3.8) is 0 Å². The fourth-order valence-corrected chi connectivity index (χ4v) is 1.58. The summed E-state index contributed by atoms with van der Waals surface area (Å²) in [5, 5.41) is 0. The summed E-state index contributed by atoms with van der Waals surface area (Å²) >= 11 is 8.56. The lowest BCUT2D eigenvalue weighted by Crippen LogP contribution is -2.12. The third-order valence-electron chi connectivity index (χ3n) is 1.60. The molecule has 0 fully saturated rings. The maximum atomic E-state index is 13.2. The lowest BCUT2D eigenvalue weighted by molar-refractivity contribution is 0.612. The van der Waals surface area contributed by atoms with Crippen LogP contribution in [0.3, 0.4) is 0 Å². The monoisotopic (exact) mass is 278 g/mol. The fourth-order valence-electron chi connectivity index (χ4n) is 0.969. The SMILES string of the molecule is Cc1cc(N=C(N)CCl)cc(Br)c1F. The van der Waals surface area contributed by atoms with Crippen LogP contribution >= 0.6 is 27.5 Å². The Balaban J connectivity index is 3.13. The normalized spacial score (nSPS) is 11.9. The van der Waals surface area contributed by atoms with Gasteiger partial charge in [-0.1, -0.05) is 0 Å². The van der Waals surface area contributed by atoms with Crippen molar-refractivity contribution < 1.29 is 4.39 Å². The van der Waals surface area contributed by atoms with Crippen LogP contribution in [0.1, 0.15) is 5.56 Å². The number of aryl methyl sites for hydroxylation is 1. The molecular weight excluding hydrogens is 270 g/mol. The molecule has 0 spiro atoms. The van der Waals surface area contributed by atoms with Crippen LogP contribution in [0.15, 0.2) is 21.6 Å². The number of nitrogens with zero attached hydrogens (tertiary/aromatic N) is 1. The summed E-state index contributed by atoms with van der Waals surface area (Å²) in [6.07, 6.45) is 0. The highest BCUT2D eigenvalue weighted by atomic mass is 79.9. The number of aliphatic imine (C=N–C) groups is 1. The minimum atomic E-state index is -0.284. The molecule has 0 aliphatic carbocycles. The van der Waals surface area contributed by atoms with Gasteiger partial charge >= 0.3 is 0 Å². The first-order valence-electron chi connectivity index (χ1n) is 3.89. The molecule has 2 N–H and O–H groups in total. The molecular formula is C9H9BrClFN2. The molecule has 0 amide bonds. The first-order valence-corrected chi connectivity index (χ1v) is 5.22.